The van der Waals surface area contributed by atoms with Crippen molar-refractivity contribution in [3.8, 4) is 0 Å². The van der Waals surface area contributed by atoms with Crippen molar-refractivity contribution in [2.75, 3.05) is 6.54 Å². The van der Waals surface area contributed by atoms with Crippen LogP contribution in [0.1, 0.15) is 0 Å². The Kier molecular flexibility index (Phi) is 2.75. The third-order valence-electron chi connectivity index (χ3n) is 1.15. The summed E-state index contributed by atoms with van der Waals surface area (Å²) in [5, 5.41) is 7.31. The third-order valence-corrected chi connectivity index (χ3v) is 1.95. The fraction of sp³-hybridized carbons (Fsp3) is 0.167. The Labute approximate surface area is 77.4 Å². The van der Waals surface area contributed by atoms with Crippen molar-refractivity contribution in [1.29, 1.82) is 0 Å². The Hall–Kier alpha value is -0.720. The van der Waals surface area contributed by atoms with Gasteiger partial charge in [0.15, 0.2) is 0 Å². The molecule has 0 aromatic carbocycles. The molecule has 1 aliphatic rings. The molecule has 0 spiro atoms. The van der Waals surface area contributed by atoms with Gasteiger partial charge in [0.25, 0.3) is 5.91 Å². The van der Waals surface area contributed by atoms with Crippen LogP contribution in [0.3, 0.4) is 0 Å². The molecule has 1 amide bonds. The number of primary amides is 1. The number of nitrogens with two attached hydrogens (primary N) is 1. The zero-order valence-corrected chi connectivity index (χ0v) is 7.78. The molecule has 0 aromatic rings. The molecule has 1 heterocycles. The molecule has 11 heavy (non-hydrogen) atoms. The molecule has 0 bridgehead atoms. The molecule has 0 aromatic heterocycles. The van der Waals surface area contributed by atoms with Crippen molar-refractivity contribution in [2.45, 2.75) is 0 Å². The van der Waals surface area contributed by atoms with Crippen LogP contribution in [0, 0.1) is 0 Å². The number of hydrogen-bond acceptors (Lipinski definition) is 3. The van der Waals surface area contributed by atoms with Crippen molar-refractivity contribution >= 4 is 28.5 Å². The van der Waals surface area contributed by atoms with Crippen LogP contribution >= 0.6 is 22.6 Å². The molecule has 0 atom stereocenters. The third kappa shape index (κ3) is 2.11. The lowest BCUT2D eigenvalue weighted by molar-refractivity contribution is -0.114. The van der Waals surface area contributed by atoms with E-state index in [4.69, 9.17) is 5.73 Å². The Morgan fingerprint density at radius 3 is 3.09 bits per heavy atom. The lowest BCUT2D eigenvalue weighted by Gasteiger charge is -2.02. The van der Waals surface area contributed by atoms with E-state index in [1.54, 1.807) is 6.08 Å². The van der Waals surface area contributed by atoms with E-state index >= 15 is 0 Å². The summed E-state index contributed by atoms with van der Waals surface area (Å²) in [7, 11) is 0. The van der Waals surface area contributed by atoms with Crippen molar-refractivity contribution in [3.05, 3.63) is 21.4 Å². The van der Waals surface area contributed by atoms with Crippen LogP contribution < -0.4 is 5.73 Å². The number of amides is 1. The van der Waals surface area contributed by atoms with Crippen LogP contribution in [-0.4, -0.2) is 12.5 Å². The van der Waals surface area contributed by atoms with Gasteiger partial charge >= 0.3 is 0 Å². The zero-order valence-electron chi connectivity index (χ0n) is 5.62. The summed E-state index contributed by atoms with van der Waals surface area (Å²) in [4.78, 5) is 10.6. The smallest absolute Gasteiger partial charge is 0.269 e. The van der Waals surface area contributed by atoms with E-state index in [0.29, 0.717) is 6.54 Å². The zero-order chi connectivity index (χ0) is 8.27. The van der Waals surface area contributed by atoms with Gasteiger partial charge in [0, 0.05) is 0 Å². The molecule has 58 valence electrons. The van der Waals surface area contributed by atoms with Gasteiger partial charge < -0.3 is 5.73 Å². The van der Waals surface area contributed by atoms with Crippen molar-refractivity contribution in [2.24, 2.45) is 16.0 Å². The maximum absolute atomic E-state index is 10.6. The molecule has 1 rings (SSSR count). The van der Waals surface area contributed by atoms with Crippen molar-refractivity contribution < 1.29 is 4.79 Å². The topological polar surface area (TPSA) is 67.8 Å². The number of nitrogens with zero attached hydrogens (tertiary/aromatic N) is 2. The minimum Gasteiger partial charge on any atom is -0.364 e. The first-order chi connectivity index (χ1) is 5.24. The van der Waals surface area contributed by atoms with E-state index in [1.165, 1.54) is 0 Å². The summed E-state index contributed by atoms with van der Waals surface area (Å²) in [5.74, 6) is -0.538. The molecular weight excluding hydrogens is 257 g/mol. The second-order valence-corrected chi connectivity index (χ2v) is 2.60. The standard InChI is InChI=1S/C6H6IN3O/c7-2-4-1-5(6(8)11)10-9-3-4/h1-2H,3H2,(H2,8,11)/b4-2+. The highest BCUT2D eigenvalue weighted by molar-refractivity contribution is 14.1. The molecule has 0 saturated carbocycles. The number of rotatable bonds is 1. The molecule has 2 N–H and O–H groups in total. The maximum atomic E-state index is 10.6. The Balaban J connectivity index is 2.89. The first-order valence-corrected chi connectivity index (χ1v) is 4.17. The normalized spacial score (nSPS) is 20.1. The van der Waals surface area contributed by atoms with Gasteiger partial charge in [-0.15, -0.1) is 5.11 Å². The highest BCUT2D eigenvalue weighted by atomic mass is 127. The second-order valence-electron chi connectivity index (χ2n) is 1.98. The molecule has 0 radical (unpaired) electrons. The maximum Gasteiger partial charge on any atom is 0.269 e. The monoisotopic (exact) mass is 263 g/mol. The fourth-order valence-electron chi connectivity index (χ4n) is 0.630. The highest BCUT2D eigenvalue weighted by Crippen LogP contribution is 2.12. The van der Waals surface area contributed by atoms with Crippen LogP contribution in [0.4, 0.5) is 0 Å². The van der Waals surface area contributed by atoms with E-state index < -0.39 is 5.91 Å². The quantitative estimate of drug-likeness (QED) is 0.708. The first kappa shape index (κ1) is 8.38. The van der Waals surface area contributed by atoms with Crippen molar-refractivity contribution in [3.63, 3.8) is 0 Å². The fourth-order valence-corrected chi connectivity index (χ4v) is 1.01. The molecule has 0 fully saturated rings. The largest absolute Gasteiger partial charge is 0.364 e. The molecule has 5 heteroatoms. The summed E-state index contributed by atoms with van der Waals surface area (Å²) in [5.41, 5.74) is 6.17. The van der Waals surface area contributed by atoms with Gasteiger partial charge in [0.2, 0.25) is 0 Å². The predicted molar refractivity (Wildman–Crippen MR) is 49.1 cm³/mol. The van der Waals surface area contributed by atoms with Gasteiger partial charge in [-0.2, -0.15) is 5.11 Å². The average molecular weight is 263 g/mol. The van der Waals surface area contributed by atoms with Crippen molar-refractivity contribution in [1.82, 2.24) is 0 Å². The average Bonchev–Trinajstić information content (AvgIpc) is 2.05. The summed E-state index contributed by atoms with van der Waals surface area (Å²) < 4.78 is 1.85. The second kappa shape index (κ2) is 3.61. The van der Waals surface area contributed by atoms with E-state index in [9.17, 15) is 4.79 Å². The van der Waals surface area contributed by atoms with Crippen LogP contribution in [0.25, 0.3) is 0 Å². The highest BCUT2D eigenvalue weighted by Gasteiger charge is 2.08. The summed E-state index contributed by atoms with van der Waals surface area (Å²) in [6.07, 6.45) is 1.64. The van der Waals surface area contributed by atoms with Gasteiger partial charge in [0.05, 0.1) is 6.54 Å². The van der Waals surface area contributed by atoms with E-state index in [1.807, 2.05) is 4.08 Å². The number of azo groups is 1. The van der Waals surface area contributed by atoms with E-state index in [2.05, 4.69) is 32.8 Å². The van der Waals surface area contributed by atoms with Gasteiger partial charge in [-0.05, 0) is 15.7 Å². The van der Waals surface area contributed by atoms with Crippen LogP contribution in [0.2, 0.25) is 0 Å². The summed E-state index contributed by atoms with van der Waals surface area (Å²) in [6, 6.07) is 0. The number of hydrogen-bond donors (Lipinski definition) is 1. The van der Waals surface area contributed by atoms with E-state index in [-0.39, 0.29) is 5.70 Å². The minimum absolute atomic E-state index is 0.221. The molecular formula is C6H6IN3O. The molecule has 4 nitrogen and oxygen atoms in total. The lowest BCUT2D eigenvalue weighted by Crippen LogP contribution is -2.14. The molecule has 0 aliphatic carbocycles. The predicted octanol–water partition coefficient (Wildman–Crippen LogP) is 1.14. The first-order valence-electron chi connectivity index (χ1n) is 2.92. The van der Waals surface area contributed by atoms with Crippen LogP contribution in [0.15, 0.2) is 31.7 Å². The number of carbonyl (C=O) groups is 1. The van der Waals surface area contributed by atoms with Crippen LogP contribution in [0.5, 0.6) is 0 Å². The van der Waals surface area contributed by atoms with Gasteiger partial charge in [-0.1, -0.05) is 22.6 Å². The Morgan fingerprint density at radius 2 is 2.55 bits per heavy atom. The molecule has 0 saturated heterocycles. The van der Waals surface area contributed by atoms with Gasteiger partial charge in [-0.25, -0.2) is 0 Å². The SMILES string of the molecule is NC(=O)C1=C/C(=C\I)CN=N1. The summed E-state index contributed by atoms with van der Waals surface area (Å²) >= 11 is 2.08. The molecule has 1 aliphatic heterocycles. The Morgan fingerprint density at radius 1 is 1.82 bits per heavy atom. The van der Waals surface area contributed by atoms with Crippen LogP contribution in [-0.2, 0) is 4.79 Å². The minimum atomic E-state index is -0.538. The van der Waals surface area contributed by atoms with Gasteiger partial charge in [-0.3, -0.25) is 4.79 Å². The summed E-state index contributed by atoms with van der Waals surface area (Å²) in [6.45, 7) is 0.528. The Bertz CT molecular complexity index is 267. The number of carbonyl (C=O) groups excluding carboxylic acids is 1. The molecule has 0 unspecified atom stereocenters. The number of halogens is 1. The van der Waals surface area contributed by atoms with Gasteiger partial charge in [0.1, 0.15) is 5.70 Å². The van der Waals surface area contributed by atoms with E-state index in [0.717, 1.165) is 5.57 Å². The lowest BCUT2D eigenvalue weighted by atomic mass is 10.2.